The van der Waals surface area contributed by atoms with Crippen LogP contribution < -0.4 is 5.32 Å². The Bertz CT molecular complexity index is 545. The number of hydrogen-bond donors (Lipinski definition) is 1. The molecule has 1 aromatic heterocycles. The molecule has 0 bridgehead atoms. The average Bonchev–Trinajstić information content (AvgIpc) is 3.10. The summed E-state index contributed by atoms with van der Waals surface area (Å²) in [6.45, 7) is 4.33. The second-order valence-electron chi connectivity index (χ2n) is 5.50. The maximum Gasteiger partial charge on any atom is 0.107 e. The highest BCUT2D eigenvalue weighted by Crippen LogP contribution is 2.37. The summed E-state index contributed by atoms with van der Waals surface area (Å²) >= 11 is 3.85. The van der Waals surface area contributed by atoms with E-state index in [4.69, 9.17) is 4.98 Å². The van der Waals surface area contributed by atoms with Crippen molar-refractivity contribution in [1.29, 1.82) is 0 Å². The Hall–Kier alpha value is -0.840. The van der Waals surface area contributed by atoms with Gasteiger partial charge in [-0.1, -0.05) is 30.3 Å². The van der Waals surface area contributed by atoms with Crippen LogP contribution in [0.25, 0.3) is 11.3 Å². The molecule has 1 aliphatic rings. The Balaban J connectivity index is 1.55. The molecule has 0 radical (unpaired) electrons. The van der Waals surface area contributed by atoms with Crippen LogP contribution in [0.3, 0.4) is 0 Å². The number of rotatable bonds is 5. The van der Waals surface area contributed by atoms with E-state index in [1.807, 2.05) is 6.07 Å². The number of thioether (sulfide) groups is 1. The Labute approximate surface area is 129 Å². The molecule has 2 aromatic rings. The molecule has 106 valence electrons. The molecule has 4 heteroatoms. The SMILES string of the molecule is CC1(CNCc2nc(-c3ccccc3)cs2)CCCS1. The molecule has 0 amide bonds. The highest BCUT2D eigenvalue weighted by molar-refractivity contribution is 8.00. The topological polar surface area (TPSA) is 24.9 Å². The van der Waals surface area contributed by atoms with Crippen LogP contribution in [0.1, 0.15) is 24.8 Å². The van der Waals surface area contributed by atoms with Crippen molar-refractivity contribution in [3.63, 3.8) is 0 Å². The normalized spacial score (nSPS) is 22.2. The zero-order valence-corrected chi connectivity index (χ0v) is 13.4. The third-order valence-electron chi connectivity index (χ3n) is 3.70. The standard InChI is InChI=1S/C16H20N2S2/c1-16(8-5-9-20-16)12-17-10-15-18-14(11-19-15)13-6-3-2-4-7-13/h2-4,6-7,11,17H,5,8-10,12H2,1H3. The lowest BCUT2D eigenvalue weighted by Crippen LogP contribution is -2.32. The van der Waals surface area contributed by atoms with E-state index < -0.39 is 0 Å². The predicted octanol–water partition coefficient (Wildman–Crippen LogP) is 4.19. The number of nitrogens with one attached hydrogen (secondary N) is 1. The molecule has 1 saturated heterocycles. The van der Waals surface area contributed by atoms with Crippen molar-refractivity contribution in [1.82, 2.24) is 10.3 Å². The minimum Gasteiger partial charge on any atom is -0.309 e. The molecule has 1 unspecified atom stereocenters. The van der Waals surface area contributed by atoms with Crippen molar-refractivity contribution in [2.75, 3.05) is 12.3 Å². The van der Waals surface area contributed by atoms with Gasteiger partial charge in [0.25, 0.3) is 0 Å². The van der Waals surface area contributed by atoms with E-state index in [0.717, 1.165) is 18.8 Å². The van der Waals surface area contributed by atoms with Crippen LogP contribution in [0.4, 0.5) is 0 Å². The van der Waals surface area contributed by atoms with E-state index >= 15 is 0 Å². The van der Waals surface area contributed by atoms with Gasteiger partial charge in [0.2, 0.25) is 0 Å². The van der Waals surface area contributed by atoms with Crippen LogP contribution in [0.15, 0.2) is 35.7 Å². The fraction of sp³-hybridized carbons (Fsp3) is 0.438. The van der Waals surface area contributed by atoms with Crippen LogP contribution in [0, 0.1) is 0 Å². The summed E-state index contributed by atoms with van der Waals surface area (Å²) in [7, 11) is 0. The van der Waals surface area contributed by atoms with Crippen LogP contribution >= 0.6 is 23.1 Å². The van der Waals surface area contributed by atoms with Crippen molar-refractivity contribution < 1.29 is 0 Å². The summed E-state index contributed by atoms with van der Waals surface area (Å²) in [5, 5.41) is 6.90. The van der Waals surface area contributed by atoms with Crippen LogP contribution in [-0.4, -0.2) is 22.0 Å². The van der Waals surface area contributed by atoms with Gasteiger partial charge >= 0.3 is 0 Å². The quantitative estimate of drug-likeness (QED) is 0.897. The summed E-state index contributed by atoms with van der Waals surface area (Å²) in [6.07, 6.45) is 2.69. The van der Waals surface area contributed by atoms with E-state index in [2.05, 4.69) is 53.6 Å². The summed E-state index contributed by atoms with van der Waals surface area (Å²) in [4.78, 5) is 4.72. The lowest BCUT2D eigenvalue weighted by molar-refractivity contribution is 0.536. The number of benzene rings is 1. The summed E-state index contributed by atoms with van der Waals surface area (Å²) in [6, 6.07) is 10.4. The minimum atomic E-state index is 0.430. The molecule has 0 spiro atoms. The number of hydrogen-bond acceptors (Lipinski definition) is 4. The number of thiazole rings is 1. The number of nitrogens with zero attached hydrogens (tertiary/aromatic N) is 1. The molecule has 1 N–H and O–H groups in total. The number of aromatic nitrogens is 1. The first kappa shape index (κ1) is 14.1. The first-order chi connectivity index (χ1) is 9.75. The van der Waals surface area contributed by atoms with Gasteiger partial charge < -0.3 is 5.32 Å². The van der Waals surface area contributed by atoms with E-state index in [1.54, 1.807) is 11.3 Å². The first-order valence-electron chi connectivity index (χ1n) is 7.10. The second-order valence-corrected chi connectivity index (χ2v) is 8.12. The summed E-state index contributed by atoms with van der Waals surface area (Å²) in [5.41, 5.74) is 2.29. The Morgan fingerprint density at radius 1 is 1.30 bits per heavy atom. The molecule has 1 aromatic carbocycles. The van der Waals surface area contributed by atoms with Crippen LogP contribution in [-0.2, 0) is 6.54 Å². The minimum absolute atomic E-state index is 0.430. The zero-order valence-electron chi connectivity index (χ0n) is 11.8. The molecular weight excluding hydrogens is 284 g/mol. The smallest absolute Gasteiger partial charge is 0.107 e. The van der Waals surface area contributed by atoms with E-state index in [1.165, 1.54) is 29.2 Å². The third kappa shape index (κ3) is 3.43. The summed E-state index contributed by atoms with van der Waals surface area (Å²) < 4.78 is 0.430. The molecule has 2 nitrogen and oxygen atoms in total. The van der Waals surface area contributed by atoms with Crippen molar-refractivity contribution in [2.45, 2.75) is 31.1 Å². The Morgan fingerprint density at radius 2 is 2.15 bits per heavy atom. The van der Waals surface area contributed by atoms with Gasteiger partial charge in [0.05, 0.1) is 5.69 Å². The third-order valence-corrected chi connectivity index (χ3v) is 6.08. The van der Waals surface area contributed by atoms with Gasteiger partial charge in [-0.25, -0.2) is 4.98 Å². The van der Waals surface area contributed by atoms with E-state index in [9.17, 15) is 0 Å². The van der Waals surface area contributed by atoms with Crippen molar-refractivity contribution >= 4 is 23.1 Å². The zero-order chi connectivity index (χ0) is 13.8. The van der Waals surface area contributed by atoms with Gasteiger partial charge in [0.1, 0.15) is 5.01 Å². The van der Waals surface area contributed by atoms with E-state index in [-0.39, 0.29) is 0 Å². The van der Waals surface area contributed by atoms with Gasteiger partial charge in [-0.05, 0) is 25.5 Å². The molecule has 0 aliphatic carbocycles. The maximum atomic E-state index is 4.72. The molecule has 1 aliphatic heterocycles. The second kappa shape index (κ2) is 6.29. The molecule has 1 fully saturated rings. The first-order valence-corrected chi connectivity index (χ1v) is 8.96. The highest BCUT2D eigenvalue weighted by atomic mass is 32.2. The van der Waals surface area contributed by atoms with Gasteiger partial charge in [-0.15, -0.1) is 11.3 Å². The van der Waals surface area contributed by atoms with Gasteiger partial charge in [-0.3, -0.25) is 0 Å². The van der Waals surface area contributed by atoms with Crippen LogP contribution in [0.5, 0.6) is 0 Å². The summed E-state index contributed by atoms with van der Waals surface area (Å²) in [5.74, 6) is 1.31. The molecule has 2 heterocycles. The predicted molar refractivity (Wildman–Crippen MR) is 89.4 cm³/mol. The van der Waals surface area contributed by atoms with Crippen molar-refractivity contribution in [2.24, 2.45) is 0 Å². The van der Waals surface area contributed by atoms with Gasteiger partial charge in [0, 0.05) is 28.8 Å². The van der Waals surface area contributed by atoms with Crippen molar-refractivity contribution in [3.05, 3.63) is 40.7 Å². The lowest BCUT2D eigenvalue weighted by Gasteiger charge is -2.22. The molecule has 1 atom stereocenters. The fourth-order valence-electron chi connectivity index (χ4n) is 2.54. The average molecular weight is 304 g/mol. The Kier molecular flexibility index (Phi) is 4.44. The lowest BCUT2D eigenvalue weighted by atomic mass is 10.1. The van der Waals surface area contributed by atoms with Gasteiger partial charge in [-0.2, -0.15) is 11.8 Å². The molecule has 0 saturated carbocycles. The monoisotopic (exact) mass is 304 g/mol. The highest BCUT2D eigenvalue weighted by Gasteiger charge is 2.28. The molecule has 20 heavy (non-hydrogen) atoms. The fourth-order valence-corrected chi connectivity index (χ4v) is 4.59. The largest absolute Gasteiger partial charge is 0.309 e. The van der Waals surface area contributed by atoms with E-state index in [0.29, 0.717) is 4.75 Å². The molecule has 3 rings (SSSR count). The molecular formula is C16H20N2S2. The van der Waals surface area contributed by atoms with Crippen molar-refractivity contribution in [3.8, 4) is 11.3 Å². The Morgan fingerprint density at radius 3 is 2.90 bits per heavy atom. The van der Waals surface area contributed by atoms with Crippen LogP contribution in [0.2, 0.25) is 0 Å². The maximum absolute atomic E-state index is 4.72. The van der Waals surface area contributed by atoms with Gasteiger partial charge in [0.15, 0.2) is 0 Å².